The summed E-state index contributed by atoms with van der Waals surface area (Å²) in [6.07, 6.45) is -1.22. The lowest BCUT2D eigenvalue weighted by atomic mass is 9.83. The lowest BCUT2D eigenvalue weighted by molar-refractivity contribution is -0.163. The van der Waals surface area contributed by atoms with Crippen molar-refractivity contribution in [1.82, 2.24) is 0 Å². The van der Waals surface area contributed by atoms with Gasteiger partial charge in [0.2, 0.25) is 6.10 Å². The number of ether oxygens (including phenoxy) is 3. The molecule has 120 valence electrons. The van der Waals surface area contributed by atoms with Crippen LogP contribution in [-0.4, -0.2) is 37.7 Å². The Morgan fingerprint density at radius 2 is 1.91 bits per heavy atom. The molecule has 1 aliphatic rings. The molecule has 1 aliphatic heterocycles. The van der Waals surface area contributed by atoms with Crippen molar-refractivity contribution >= 4 is 17.9 Å². The molecule has 2 rings (SSSR count). The molecule has 0 amide bonds. The van der Waals surface area contributed by atoms with Crippen LogP contribution in [0.25, 0.3) is 0 Å². The van der Waals surface area contributed by atoms with Gasteiger partial charge in [0, 0.05) is 0 Å². The Labute approximate surface area is 132 Å². The number of nitrogens with zero attached hydrogens (tertiary/aromatic N) is 1. The van der Waals surface area contributed by atoms with E-state index in [2.05, 4.69) is 4.74 Å². The molecule has 3 atom stereocenters. The summed E-state index contributed by atoms with van der Waals surface area (Å²) < 4.78 is 14.6. The second-order valence-corrected chi connectivity index (χ2v) is 4.87. The standard InChI is InChI=1S/C16H15NO6/c1-3-22-16(20)13-11(10-6-4-9(8-17)5-7-10)12(14(18)21-2)15(19)23-13/h4-7,11-13H,3H2,1-2H3/t11-,12+,13+/m0/s1. The van der Waals surface area contributed by atoms with E-state index in [9.17, 15) is 14.4 Å². The zero-order valence-electron chi connectivity index (χ0n) is 12.6. The van der Waals surface area contributed by atoms with E-state index < -0.39 is 35.8 Å². The highest BCUT2D eigenvalue weighted by molar-refractivity contribution is 6.00. The van der Waals surface area contributed by atoms with E-state index in [4.69, 9.17) is 14.7 Å². The SMILES string of the molecule is CCOC(=O)[C@@H]1OC(=O)[C@@H](C(=O)OC)[C@@H]1c1ccc(C#N)cc1. The minimum atomic E-state index is -1.25. The van der Waals surface area contributed by atoms with Crippen LogP contribution in [0, 0.1) is 17.2 Å². The van der Waals surface area contributed by atoms with Crippen LogP contribution in [0.15, 0.2) is 24.3 Å². The molecule has 0 spiro atoms. The quantitative estimate of drug-likeness (QED) is 0.462. The molecule has 23 heavy (non-hydrogen) atoms. The number of carbonyl (C=O) groups is 3. The number of hydrogen-bond acceptors (Lipinski definition) is 7. The van der Waals surface area contributed by atoms with Gasteiger partial charge in [-0.2, -0.15) is 5.26 Å². The summed E-state index contributed by atoms with van der Waals surface area (Å²) in [5, 5.41) is 8.85. The molecule has 1 aromatic carbocycles. The molecule has 1 aromatic rings. The summed E-state index contributed by atoms with van der Waals surface area (Å²) in [6.45, 7) is 1.75. The first-order valence-electron chi connectivity index (χ1n) is 6.98. The van der Waals surface area contributed by atoms with Gasteiger partial charge in [-0.1, -0.05) is 12.1 Å². The van der Waals surface area contributed by atoms with Crippen molar-refractivity contribution in [1.29, 1.82) is 5.26 Å². The molecule has 0 aromatic heterocycles. The lowest BCUT2D eigenvalue weighted by Crippen LogP contribution is -2.32. The third-order valence-corrected chi connectivity index (χ3v) is 3.58. The predicted molar refractivity (Wildman–Crippen MR) is 75.9 cm³/mol. The Morgan fingerprint density at radius 3 is 2.43 bits per heavy atom. The molecular weight excluding hydrogens is 302 g/mol. The molecule has 0 aliphatic carbocycles. The number of benzene rings is 1. The number of rotatable bonds is 4. The van der Waals surface area contributed by atoms with Gasteiger partial charge in [0.15, 0.2) is 5.92 Å². The maximum Gasteiger partial charge on any atom is 0.348 e. The van der Waals surface area contributed by atoms with Crippen LogP contribution < -0.4 is 0 Å². The Kier molecular flexibility index (Phi) is 4.96. The first-order chi connectivity index (χ1) is 11.0. The van der Waals surface area contributed by atoms with E-state index in [0.29, 0.717) is 11.1 Å². The Hall–Kier alpha value is -2.88. The van der Waals surface area contributed by atoms with E-state index in [0.717, 1.165) is 7.11 Å². The fourth-order valence-electron chi connectivity index (χ4n) is 2.53. The molecule has 0 N–H and O–H groups in total. The molecule has 0 bridgehead atoms. The molecule has 1 saturated heterocycles. The van der Waals surface area contributed by atoms with E-state index >= 15 is 0 Å². The average molecular weight is 317 g/mol. The van der Waals surface area contributed by atoms with Gasteiger partial charge in [-0.25, -0.2) is 4.79 Å². The van der Waals surface area contributed by atoms with Gasteiger partial charge >= 0.3 is 17.9 Å². The van der Waals surface area contributed by atoms with Gasteiger partial charge in [-0.3, -0.25) is 9.59 Å². The van der Waals surface area contributed by atoms with Gasteiger partial charge in [0.25, 0.3) is 0 Å². The van der Waals surface area contributed by atoms with Crippen molar-refractivity contribution in [2.75, 3.05) is 13.7 Å². The zero-order valence-corrected chi connectivity index (χ0v) is 12.6. The second kappa shape index (κ2) is 6.92. The van der Waals surface area contributed by atoms with Gasteiger partial charge in [-0.15, -0.1) is 0 Å². The Bertz CT molecular complexity index is 660. The number of nitriles is 1. The molecule has 0 saturated carbocycles. The van der Waals surface area contributed by atoms with Gasteiger partial charge in [0.05, 0.1) is 31.3 Å². The van der Waals surface area contributed by atoms with E-state index in [-0.39, 0.29) is 6.61 Å². The number of carbonyl (C=O) groups excluding carboxylic acids is 3. The molecule has 7 nitrogen and oxygen atoms in total. The fourth-order valence-corrected chi connectivity index (χ4v) is 2.53. The molecule has 1 heterocycles. The molecule has 0 unspecified atom stereocenters. The minimum Gasteiger partial charge on any atom is -0.468 e. The van der Waals surface area contributed by atoms with Crippen LogP contribution in [-0.2, 0) is 28.6 Å². The van der Waals surface area contributed by atoms with Crippen molar-refractivity contribution in [3.05, 3.63) is 35.4 Å². The smallest absolute Gasteiger partial charge is 0.348 e. The van der Waals surface area contributed by atoms with E-state index in [1.54, 1.807) is 19.1 Å². The second-order valence-electron chi connectivity index (χ2n) is 4.87. The van der Waals surface area contributed by atoms with Crippen molar-refractivity contribution in [2.45, 2.75) is 18.9 Å². The van der Waals surface area contributed by atoms with Crippen LogP contribution in [0.4, 0.5) is 0 Å². The fraction of sp³-hybridized carbons (Fsp3) is 0.375. The predicted octanol–water partition coefficient (Wildman–Crippen LogP) is 0.920. The summed E-state index contributed by atoms with van der Waals surface area (Å²) in [5.74, 6) is -4.44. The van der Waals surface area contributed by atoms with Crippen LogP contribution in [0.1, 0.15) is 24.0 Å². The lowest BCUT2D eigenvalue weighted by Gasteiger charge is -2.19. The van der Waals surface area contributed by atoms with Crippen molar-refractivity contribution < 1.29 is 28.6 Å². The highest BCUT2D eigenvalue weighted by Crippen LogP contribution is 2.38. The maximum absolute atomic E-state index is 12.1. The Morgan fingerprint density at radius 1 is 1.26 bits per heavy atom. The number of methoxy groups -OCH3 is 1. The first kappa shape index (κ1) is 16.5. The monoisotopic (exact) mass is 317 g/mol. The number of cyclic esters (lactones) is 1. The molecule has 7 heteroatoms. The largest absolute Gasteiger partial charge is 0.468 e. The van der Waals surface area contributed by atoms with Crippen molar-refractivity contribution in [3.8, 4) is 6.07 Å². The van der Waals surface area contributed by atoms with Crippen LogP contribution in [0.2, 0.25) is 0 Å². The van der Waals surface area contributed by atoms with Gasteiger partial charge in [0.1, 0.15) is 0 Å². The summed E-state index contributed by atoms with van der Waals surface area (Å²) >= 11 is 0. The number of esters is 3. The average Bonchev–Trinajstić information content (AvgIpc) is 2.92. The summed E-state index contributed by atoms with van der Waals surface area (Å²) in [6, 6.07) is 8.20. The topological polar surface area (TPSA) is 103 Å². The summed E-state index contributed by atoms with van der Waals surface area (Å²) in [5.41, 5.74) is 0.935. The highest BCUT2D eigenvalue weighted by Gasteiger charge is 2.53. The van der Waals surface area contributed by atoms with Crippen molar-refractivity contribution in [2.24, 2.45) is 5.92 Å². The third kappa shape index (κ3) is 3.16. The van der Waals surface area contributed by atoms with Crippen LogP contribution in [0.3, 0.4) is 0 Å². The van der Waals surface area contributed by atoms with Gasteiger partial charge < -0.3 is 14.2 Å². The molecular formula is C16H15NO6. The van der Waals surface area contributed by atoms with Gasteiger partial charge in [-0.05, 0) is 24.6 Å². The van der Waals surface area contributed by atoms with Crippen molar-refractivity contribution in [3.63, 3.8) is 0 Å². The Balaban J connectivity index is 2.43. The minimum absolute atomic E-state index is 0.121. The maximum atomic E-state index is 12.1. The van der Waals surface area contributed by atoms with Crippen LogP contribution in [0.5, 0.6) is 0 Å². The number of hydrogen-bond donors (Lipinski definition) is 0. The zero-order chi connectivity index (χ0) is 17.0. The summed E-state index contributed by atoms with van der Waals surface area (Å²) in [7, 11) is 1.16. The normalized spacial score (nSPS) is 22.8. The van der Waals surface area contributed by atoms with E-state index in [1.807, 2.05) is 6.07 Å². The summed E-state index contributed by atoms with van der Waals surface area (Å²) in [4.78, 5) is 36.0. The highest BCUT2D eigenvalue weighted by atomic mass is 16.6. The molecule has 1 fully saturated rings. The first-order valence-corrected chi connectivity index (χ1v) is 6.98. The van der Waals surface area contributed by atoms with E-state index in [1.165, 1.54) is 12.1 Å². The third-order valence-electron chi connectivity index (χ3n) is 3.58. The molecule has 0 radical (unpaired) electrons. The van der Waals surface area contributed by atoms with Crippen LogP contribution >= 0.6 is 0 Å².